The van der Waals surface area contributed by atoms with Gasteiger partial charge in [0, 0.05) is 6.54 Å². The van der Waals surface area contributed by atoms with E-state index in [9.17, 15) is 4.79 Å². The summed E-state index contributed by atoms with van der Waals surface area (Å²) in [6, 6.07) is 7.82. The van der Waals surface area contributed by atoms with Gasteiger partial charge < -0.3 is 5.32 Å². The van der Waals surface area contributed by atoms with E-state index in [1.807, 2.05) is 28.8 Å². The van der Waals surface area contributed by atoms with Gasteiger partial charge in [0.1, 0.15) is 6.04 Å². The standard InChI is InChI=1S/C16H23N3O/c1-4-10-17-12(3)15-18-14-9-7-6-8-13(14)16(20)19(15)11-5-2/h6-9,12,17H,4-5,10-11H2,1-3H3/p+1/t12-/m0/s1. The predicted molar refractivity (Wildman–Crippen MR) is 81.8 cm³/mol. The second kappa shape index (κ2) is 6.66. The Morgan fingerprint density at radius 3 is 2.70 bits per heavy atom. The summed E-state index contributed by atoms with van der Waals surface area (Å²) in [4.78, 5) is 17.4. The van der Waals surface area contributed by atoms with E-state index in [2.05, 4.69) is 26.1 Å². The van der Waals surface area contributed by atoms with Crippen molar-refractivity contribution in [2.75, 3.05) is 6.54 Å². The Labute approximate surface area is 119 Å². The minimum Gasteiger partial charge on any atom is -0.338 e. The topological polar surface area (TPSA) is 51.5 Å². The third-order valence-electron chi connectivity index (χ3n) is 3.55. The molecule has 0 radical (unpaired) electrons. The molecule has 0 fully saturated rings. The van der Waals surface area contributed by atoms with E-state index >= 15 is 0 Å². The summed E-state index contributed by atoms with van der Waals surface area (Å²) < 4.78 is 1.85. The SMILES string of the molecule is CCC[NH2+][C@@H](C)c1nc2ccccc2c(=O)n1CCC. The van der Waals surface area contributed by atoms with Gasteiger partial charge in [0.15, 0.2) is 5.82 Å². The molecule has 0 aliphatic carbocycles. The maximum Gasteiger partial charge on any atom is 0.261 e. The normalized spacial score (nSPS) is 12.8. The molecule has 1 heterocycles. The minimum atomic E-state index is 0.0872. The monoisotopic (exact) mass is 274 g/mol. The van der Waals surface area contributed by atoms with E-state index in [1.165, 1.54) is 0 Å². The highest BCUT2D eigenvalue weighted by atomic mass is 16.1. The van der Waals surface area contributed by atoms with E-state index < -0.39 is 0 Å². The fourth-order valence-electron chi connectivity index (χ4n) is 2.49. The van der Waals surface area contributed by atoms with E-state index in [1.54, 1.807) is 0 Å². The number of hydrogen-bond donors (Lipinski definition) is 1. The first-order chi connectivity index (χ1) is 9.69. The lowest BCUT2D eigenvalue weighted by molar-refractivity contribution is -0.694. The Kier molecular flexibility index (Phi) is 4.90. The zero-order chi connectivity index (χ0) is 14.5. The highest BCUT2D eigenvalue weighted by Gasteiger charge is 2.17. The van der Waals surface area contributed by atoms with Gasteiger partial charge in [0.25, 0.3) is 5.56 Å². The number of hydrogen-bond acceptors (Lipinski definition) is 2. The largest absolute Gasteiger partial charge is 0.338 e. The lowest BCUT2D eigenvalue weighted by Gasteiger charge is -2.16. The summed E-state index contributed by atoms with van der Waals surface area (Å²) in [7, 11) is 0. The van der Waals surface area contributed by atoms with Crippen molar-refractivity contribution in [3.8, 4) is 0 Å². The van der Waals surface area contributed by atoms with E-state index in [0.717, 1.165) is 37.3 Å². The number of aromatic nitrogens is 2. The molecule has 0 amide bonds. The van der Waals surface area contributed by atoms with Crippen molar-refractivity contribution >= 4 is 10.9 Å². The molecule has 0 saturated heterocycles. The lowest BCUT2D eigenvalue weighted by Crippen LogP contribution is -2.85. The summed E-state index contributed by atoms with van der Waals surface area (Å²) in [5.41, 5.74) is 0.890. The molecule has 2 N–H and O–H groups in total. The number of para-hydroxylation sites is 1. The summed E-state index contributed by atoms with van der Waals surface area (Å²) in [5.74, 6) is 0.893. The van der Waals surface area contributed by atoms with Gasteiger partial charge in [-0.1, -0.05) is 26.0 Å². The molecule has 0 spiro atoms. The number of fused-ring (bicyclic) bond motifs is 1. The maximum atomic E-state index is 12.6. The Morgan fingerprint density at radius 2 is 2.00 bits per heavy atom. The quantitative estimate of drug-likeness (QED) is 0.874. The first kappa shape index (κ1) is 14.7. The molecular formula is C16H24N3O+. The summed E-state index contributed by atoms with van der Waals surface area (Å²) >= 11 is 0. The van der Waals surface area contributed by atoms with E-state index in [-0.39, 0.29) is 11.6 Å². The molecule has 4 heteroatoms. The van der Waals surface area contributed by atoms with Crippen molar-refractivity contribution in [3.63, 3.8) is 0 Å². The molecule has 0 aliphatic heterocycles. The highest BCUT2D eigenvalue weighted by Crippen LogP contribution is 2.11. The number of rotatable bonds is 6. The molecule has 0 bridgehead atoms. The van der Waals surface area contributed by atoms with Crippen LogP contribution >= 0.6 is 0 Å². The van der Waals surface area contributed by atoms with Gasteiger partial charge in [-0.3, -0.25) is 9.36 Å². The van der Waals surface area contributed by atoms with Crippen molar-refractivity contribution in [3.05, 3.63) is 40.4 Å². The van der Waals surface area contributed by atoms with Gasteiger partial charge in [-0.15, -0.1) is 0 Å². The van der Waals surface area contributed by atoms with E-state index in [4.69, 9.17) is 4.98 Å². The van der Waals surface area contributed by atoms with Crippen LogP contribution in [-0.4, -0.2) is 16.1 Å². The van der Waals surface area contributed by atoms with Crippen molar-refractivity contribution in [2.24, 2.45) is 0 Å². The summed E-state index contributed by atoms with van der Waals surface area (Å²) in [6.45, 7) is 8.16. The van der Waals surface area contributed by atoms with Crippen LogP contribution in [0.1, 0.15) is 45.5 Å². The zero-order valence-corrected chi connectivity index (χ0v) is 12.6. The number of nitrogens with zero attached hydrogens (tertiary/aromatic N) is 2. The van der Waals surface area contributed by atoms with Gasteiger partial charge in [0.2, 0.25) is 0 Å². The molecule has 0 aliphatic rings. The van der Waals surface area contributed by atoms with Gasteiger partial charge in [-0.25, -0.2) is 4.98 Å². The lowest BCUT2D eigenvalue weighted by atomic mass is 10.2. The first-order valence-corrected chi connectivity index (χ1v) is 7.51. The van der Waals surface area contributed by atoms with Crippen LogP contribution in [0.5, 0.6) is 0 Å². The fraction of sp³-hybridized carbons (Fsp3) is 0.500. The molecule has 0 saturated carbocycles. The second-order valence-corrected chi connectivity index (χ2v) is 5.26. The molecule has 1 atom stereocenters. The number of nitrogens with two attached hydrogens (primary N) is 1. The molecule has 1 aromatic heterocycles. The van der Waals surface area contributed by atoms with Crippen LogP contribution in [0.4, 0.5) is 0 Å². The summed E-state index contributed by atoms with van der Waals surface area (Å²) in [6.07, 6.45) is 2.06. The average molecular weight is 274 g/mol. The van der Waals surface area contributed by atoms with Crippen LogP contribution in [0.2, 0.25) is 0 Å². The molecule has 20 heavy (non-hydrogen) atoms. The predicted octanol–water partition coefficient (Wildman–Crippen LogP) is 1.84. The molecule has 2 rings (SSSR count). The first-order valence-electron chi connectivity index (χ1n) is 7.51. The Balaban J connectivity index is 2.56. The van der Waals surface area contributed by atoms with E-state index in [0.29, 0.717) is 5.39 Å². The fourth-order valence-corrected chi connectivity index (χ4v) is 2.49. The molecule has 1 aromatic carbocycles. The molecular weight excluding hydrogens is 250 g/mol. The third-order valence-corrected chi connectivity index (χ3v) is 3.55. The number of benzene rings is 1. The Hall–Kier alpha value is -1.68. The van der Waals surface area contributed by atoms with Crippen LogP contribution in [0.15, 0.2) is 29.1 Å². The van der Waals surface area contributed by atoms with Gasteiger partial charge in [0.05, 0.1) is 17.4 Å². The van der Waals surface area contributed by atoms with Crippen LogP contribution in [0.3, 0.4) is 0 Å². The van der Waals surface area contributed by atoms with Crippen molar-refractivity contribution in [2.45, 2.75) is 46.2 Å². The maximum absolute atomic E-state index is 12.6. The van der Waals surface area contributed by atoms with Crippen LogP contribution in [-0.2, 0) is 6.54 Å². The third kappa shape index (κ3) is 2.90. The highest BCUT2D eigenvalue weighted by molar-refractivity contribution is 5.77. The molecule has 0 unspecified atom stereocenters. The molecule has 108 valence electrons. The summed E-state index contributed by atoms with van der Waals surface area (Å²) in [5, 5.41) is 2.97. The molecule has 2 aromatic rings. The van der Waals surface area contributed by atoms with Crippen LogP contribution < -0.4 is 10.9 Å². The van der Waals surface area contributed by atoms with Crippen LogP contribution in [0.25, 0.3) is 10.9 Å². The van der Waals surface area contributed by atoms with Crippen molar-refractivity contribution in [1.29, 1.82) is 0 Å². The Morgan fingerprint density at radius 1 is 1.25 bits per heavy atom. The smallest absolute Gasteiger partial charge is 0.261 e. The van der Waals surface area contributed by atoms with Crippen molar-refractivity contribution < 1.29 is 5.32 Å². The minimum absolute atomic E-state index is 0.0872. The van der Waals surface area contributed by atoms with Gasteiger partial charge in [-0.2, -0.15) is 0 Å². The average Bonchev–Trinajstić information content (AvgIpc) is 2.47. The van der Waals surface area contributed by atoms with Crippen LogP contribution in [0, 0.1) is 0 Å². The van der Waals surface area contributed by atoms with Crippen molar-refractivity contribution in [1.82, 2.24) is 9.55 Å². The second-order valence-electron chi connectivity index (χ2n) is 5.26. The molecule has 4 nitrogen and oxygen atoms in total. The number of quaternary nitrogens is 1. The van der Waals surface area contributed by atoms with Gasteiger partial charge in [-0.05, 0) is 31.9 Å². The Bertz CT molecular complexity index is 633. The zero-order valence-electron chi connectivity index (χ0n) is 12.6. The van der Waals surface area contributed by atoms with Gasteiger partial charge >= 0.3 is 0 Å².